The van der Waals surface area contributed by atoms with Crippen LogP contribution >= 0.6 is 27.3 Å². The minimum atomic E-state index is -2.90. The molecule has 0 amide bonds. The molecular formula is C10H14BrNO2S2. The fraction of sp³-hybridized carbons (Fsp3) is 0.600. The van der Waals surface area contributed by atoms with Gasteiger partial charge in [-0.2, -0.15) is 0 Å². The molecule has 2 atom stereocenters. The minimum Gasteiger partial charge on any atom is -0.305 e. The molecule has 1 aromatic heterocycles. The highest BCUT2D eigenvalue weighted by Crippen LogP contribution is 2.30. The Labute approximate surface area is 108 Å². The van der Waals surface area contributed by atoms with Crippen molar-refractivity contribution in [2.75, 3.05) is 11.5 Å². The summed E-state index contributed by atoms with van der Waals surface area (Å²) < 4.78 is 24.6. The Bertz CT molecular complexity index is 469. The maximum absolute atomic E-state index is 11.8. The summed E-state index contributed by atoms with van der Waals surface area (Å²) in [4.78, 5) is 1.09. The highest BCUT2D eigenvalue weighted by Gasteiger charge is 2.31. The van der Waals surface area contributed by atoms with Crippen LogP contribution in [0.15, 0.2) is 15.9 Å². The van der Waals surface area contributed by atoms with Crippen molar-refractivity contribution in [3.8, 4) is 0 Å². The summed E-state index contributed by atoms with van der Waals surface area (Å²) in [7, 11) is -2.90. The highest BCUT2D eigenvalue weighted by atomic mass is 79.9. The minimum absolute atomic E-state index is 0.0417. The fourth-order valence-electron chi connectivity index (χ4n) is 1.92. The summed E-state index contributed by atoms with van der Waals surface area (Å²) in [5.41, 5.74) is 0. The van der Waals surface area contributed by atoms with E-state index in [9.17, 15) is 8.42 Å². The van der Waals surface area contributed by atoms with Crippen LogP contribution in [-0.4, -0.2) is 26.0 Å². The molecule has 0 saturated carbocycles. The molecule has 1 N–H and O–H groups in total. The van der Waals surface area contributed by atoms with Crippen molar-refractivity contribution in [1.82, 2.24) is 5.32 Å². The Hall–Kier alpha value is 0.0900. The second kappa shape index (κ2) is 4.76. The smallest absolute Gasteiger partial charge is 0.153 e. The van der Waals surface area contributed by atoms with Crippen molar-refractivity contribution in [3.05, 3.63) is 20.8 Å². The lowest BCUT2D eigenvalue weighted by Gasteiger charge is -2.29. The molecule has 1 aliphatic rings. The Morgan fingerprint density at radius 1 is 1.50 bits per heavy atom. The average molecular weight is 324 g/mol. The molecule has 0 spiro atoms. The van der Waals surface area contributed by atoms with E-state index in [1.54, 1.807) is 11.3 Å². The van der Waals surface area contributed by atoms with E-state index in [1.807, 2.05) is 19.1 Å². The van der Waals surface area contributed by atoms with Crippen LogP contribution in [0, 0.1) is 0 Å². The van der Waals surface area contributed by atoms with Gasteiger partial charge in [-0.3, -0.25) is 0 Å². The van der Waals surface area contributed by atoms with Gasteiger partial charge >= 0.3 is 0 Å². The molecule has 0 aromatic carbocycles. The first-order valence-corrected chi connectivity index (χ1v) is 8.65. The van der Waals surface area contributed by atoms with Crippen molar-refractivity contribution >= 4 is 37.1 Å². The Morgan fingerprint density at radius 3 is 2.81 bits per heavy atom. The zero-order valence-electron chi connectivity index (χ0n) is 8.94. The molecular weight excluding hydrogens is 310 g/mol. The summed E-state index contributed by atoms with van der Waals surface area (Å²) >= 11 is 5.00. The predicted octanol–water partition coefficient (Wildman–Crippen LogP) is 2.35. The quantitative estimate of drug-likeness (QED) is 0.908. The van der Waals surface area contributed by atoms with Crippen LogP contribution in [0.5, 0.6) is 0 Å². The van der Waals surface area contributed by atoms with E-state index in [0.29, 0.717) is 0 Å². The van der Waals surface area contributed by atoms with Crippen LogP contribution in [0.2, 0.25) is 0 Å². The Kier molecular flexibility index (Phi) is 3.73. The SMILES string of the molecule is CCC1CS(=O)(=O)CC(c2ccc(Br)s2)N1. The number of sulfone groups is 1. The monoisotopic (exact) mass is 323 g/mol. The van der Waals surface area contributed by atoms with Gasteiger partial charge in [0.1, 0.15) is 0 Å². The predicted molar refractivity (Wildman–Crippen MR) is 70.6 cm³/mol. The van der Waals surface area contributed by atoms with Crippen molar-refractivity contribution < 1.29 is 8.42 Å². The van der Waals surface area contributed by atoms with Crippen LogP contribution in [-0.2, 0) is 9.84 Å². The van der Waals surface area contributed by atoms with E-state index in [1.165, 1.54) is 0 Å². The van der Waals surface area contributed by atoms with Crippen LogP contribution in [0.3, 0.4) is 0 Å². The van der Waals surface area contributed by atoms with E-state index in [-0.39, 0.29) is 23.6 Å². The van der Waals surface area contributed by atoms with Gasteiger partial charge in [0.15, 0.2) is 9.84 Å². The maximum Gasteiger partial charge on any atom is 0.153 e. The van der Waals surface area contributed by atoms with E-state index in [0.717, 1.165) is 15.1 Å². The fourth-order valence-corrected chi connectivity index (χ4v) is 5.38. The third kappa shape index (κ3) is 2.85. The number of thiophene rings is 1. The van der Waals surface area contributed by atoms with Gasteiger partial charge in [0.05, 0.1) is 21.3 Å². The van der Waals surface area contributed by atoms with E-state index in [2.05, 4.69) is 21.2 Å². The standard InChI is InChI=1S/C10H14BrNO2S2/c1-2-7-5-16(13,14)6-8(12-7)9-3-4-10(11)15-9/h3-4,7-8,12H,2,5-6H2,1H3. The highest BCUT2D eigenvalue weighted by molar-refractivity contribution is 9.11. The van der Waals surface area contributed by atoms with Gasteiger partial charge < -0.3 is 5.32 Å². The molecule has 2 unspecified atom stereocenters. The molecule has 0 aliphatic carbocycles. The third-order valence-corrected chi connectivity index (χ3v) is 6.23. The molecule has 3 nitrogen and oxygen atoms in total. The van der Waals surface area contributed by atoms with Crippen LogP contribution in [0.25, 0.3) is 0 Å². The number of rotatable bonds is 2. The second-order valence-electron chi connectivity index (χ2n) is 4.04. The largest absolute Gasteiger partial charge is 0.305 e. The number of hydrogen-bond acceptors (Lipinski definition) is 4. The lowest BCUT2D eigenvalue weighted by atomic mass is 10.2. The topological polar surface area (TPSA) is 46.2 Å². The van der Waals surface area contributed by atoms with Gasteiger partial charge in [0.25, 0.3) is 0 Å². The summed E-state index contributed by atoms with van der Waals surface area (Å²) in [6.45, 7) is 2.01. The van der Waals surface area contributed by atoms with Gasteiger partial charge in [-0.05, 0) is 34.5 Å². The Balaban J connectivity index is 2.22. The zero-order valence-corrected chi connectivity index (χ0v) is 12.2. The lowest BCUT2D eigenvalue weighted by Crippen LogP contribution is -2.46. The van der Waals surface area contributed by atoms with Gasteiger partial charge in [0, 0.05) is 10.9 Å². The average Bonchev–Trinajstić information content (AvgIpc) is 2.62. The Morgan fingerprint density at radius 2 is 2.25 bits per heavy atom. The van der Waals surface area contributed by atoms with E-state index < -0.39 is 9.84 Å². The van der Waals surface area contributed by atoms with Crippen LogP contribution < -0.4 is 5.32 Å². The van der Waals surface area contributed by atoms with Crippen molar-refractivity contribution in [2.45, 2.75) is 25.4 Å². The van der Waals surface area contributed by atoms with Crippen LogP contribution in [0.4, 0.5) is 0 Å². The van der Waals surface area contributed by atoms with E-state index in [4.69, 9.17) is 0 Å². The molecule has 2 rings (SSSR count). The number of halogens is 1. The lowest BCUT2D eigenvalue weighted by molar-refractivity contribution is 0.444. The maximum atomic E-state index is 11.8. The molecule has 90 valence electrons. The first kappa shape index (κ1) is 12.5. The summed E-state index contributed by atoms with van der Waals surface area (Å²) in [5.74, 6) is 0.489. The molecule has 1 fully saturated rings. The molecule has 1 aliphatic heterocycles. The molecule has 0 radical (unpaired) electrons. The molecule has 6 heteroatoms. The molecule has 1 saturated heterocycles. The third-order valence-electron chi connectivity index (χ3n) is 2.74. The number of nitrogens with one attached hydrogen (secondary N) is 1. The van der Waals surface area contributed by atoms with Crippen molar-refractivity contribution in [2.24, 2.45) is 0 Å². The van der Waals surface area contributed by atoms with Gasteiger partial charge in [0.2, 0.25) is 0 Å². The number of hydrogen-bond donors (Lipinski definition) is 1. The normalized spacial score (nSPS) is 29.1. The summed E-state index contributed by atoms with van der Waals surface area (Å²) in [5, 5.41) is 3.40. The zero-order chi connectivity index (χ0) is 11.8. The van der Waals surface area contributed by atoms with Crippen molar-refractivity contribution in [3.63, 3.8) is 0 Å². The molecule has 2 heterocycles. The van der Waals surface area contributed by atoms with Gasteiger partial charge in [-0.15, -0.1) is 11.3 Å². The van der Waals surface area contributed by atoms with E-state index >= 15 is 0 Å². The van der Waals surface area contributed by atoms with Crippen molar-refractivity contribution in [1.29, 1.82) is 0 Å². The van der Waals surface area contributed by atoms with Gasteiger partial charge in [-0.1, -0.05) is 6.92 Å². The first-order chi connectivity index (χ1) is 7.50. The molecule has 0 bridgehead atoms. The first-order valence-electron chi connectivity index (χ1n) is 5.22. The second-order valence-corrected chi connectivity index (χ2v) is 8.69. The summed E-state index contributed by atoms with van der Waals surface area (Å²) in [6, 6.07) is 3.99. The molecule has 16 heavy (non-hydrogen) atoms. The molecule has 1 aromatic rings. The van der Waals surface area contributed by atoms with Crippen LogP contribution in [0.1, 0.15) is 24.3 Å². The summed E-state index contributed by atoms with van der Waals surface area (Å²) in [6.07, 6.45) is 0.849. The van der Waals surface area contributed by atoms with Gasteiger partial charge in [-0.25, -0.2) is 8.42 Å².